The Hall–Kier alpha value is -1.88. The number of aryl methyl sites for hydroxylation is 1. The molecule has 0 atom stereocenters. The van der Waals surface area contributed by atoms with E-state index < -0.39 is 0 Å². The van der Waals surface area contributed by atoms with Gasteiger partial charge in [-0.1, -0.05) is 0 Å². The summed E-state index contributed by atoms with van der Waals surface area (Å²) < 4.78 is 4.81. The number of nitrogens with zero attached hydrogens (tertiary/aromatic N) is 3. The molecule has 0 aliphatic carbocycles. The Balaban J connectivity index is 2.33. The van der Waals surface area contributed by atoms with Crippen molar-refractivity contribution in [2.45, 2.75) is 6.92 Å². The third-order valence-electron chi connectivity index (χ3n) is 2.70. The van der Waals surface area contributed by atoms with Crippen LogP contribution in [0.4, 0.5) is 0 Å². The van der Waals surface area contributed by atoms with Crippen molar-refractivity contribution in [3.8, 4) is 5.69 Å². The van der Waals surface area contributed by atoms with Gasteiger partial charge < -0.3 is 8.97 Å². The maximum atomic E-state index is 11.1. The number of fused-ring (bicyclic) bond motifs is 1. The van der Waals surface area contributed by atoms with Gasteiger partial charge in [0.2, 0.25) is 0 Å². The van der Waals surface area contributed by atoms with E-state index in [4.69, 9.17) is 0 Å². The molecule has 0 N–H and O–H groups in total. The van der Waals surface area contributed by atoms with Gasteiger partial charge in [0.1, 0.15) is 0 Å². The zero-order valence-electron chi connectivity index (χ0n) is 9.67. The van der Waals surface area contributed by atoms with Crippen LogP contribution in [0.1, 0.15) is 5.69 Å². The van der Waals surface area contributed by atoms with Crippen molar-refractivity contribution < 1.29 is 0 Å². The lowest BCUT2D eigenvalue weighted by Gasteiger charge is -2.08. The van der Waals surface area contributed by atoms with E-state index in [0.717, 1.165) is 21.5 Å². The van der Waals surface area contributed by atoms with Crippen LogP contribution in [0.5, 0.6) is 0 Å². The highest BCUT2D eigenvalue weighted by molar-refractivity contribution is 9.10. The quantitative estimate of drug-likeness (QED) is 0.693. The van der Waals surface area contributed by atoms with Gasteiger partial charge in [-0.25, -0.2) is 4.98 Å². The summed E-state index contributed by atoms with van der Waals surface area (Å²) in [6.07, 6.45) is 7.41. The van der Waals surface area contributed by atoms with E-state index in [1.54, 1.807) is 12.4 Å². The van der Waals surface area contributed by atoms with Crippen molar-refractivity contribution in [3.05, 3.63) is 63.4 Å². The van der Waals surface area contributed by atoms with Crippen molar-refractivity contribution >= 4 is 21.6 Å². The molecule has 3 aromatic heterocycles. The summed E-state index contributed by atoms with van der Waals surface area (Å²) in [5, 5.41) is 0. The summed E-state index contributed by atoms with van der Waals surface area (Å²) in [7, 11) is 0. The summed E-state index contributed by atoms with van der Waals surface area (Å²) in [6, 6.07) is 5.05. The Morgan fingerprint density at radius 1 is 1.22 bits per heavy atom. The van der Waals surface area contributed by atoms with Crippen molar-refractivity contribution in [2.75, 3.05) is 0 Å². The van der Waals surface area contributed by atoms with Gasteiger partial charge in [0, 0.05) is 41.4 Å². The fraction of sp³-hybridized carbons (Fsp3) is 0.0769. The molecule has 3 aromatic rings. The molecular formula is C13H10BrN3O. The minimum absolute atomic E-state index is 0.00297. The highest BCUT2D eigenvalue weighted by Crippen LogP contribution is 2.20. The summed E-state index contributed by atoms with van der Waals surface area (Å²) in [5.74, 6) is 0. The third-order valence-corrected chi connectivity index (χ3v) is 3.13. The largest absolute Gasteiger partial charge is 0.320 e. The molecule has 0 saturated carbocycles. The average Bonchev–Trinajstić information content (AvgIpc) is 2.69. The molecular weight excluding hydrogens is 294 g/mol. The number of hydrogen-bond donors (Lipinski definition) is 0. The highest BCUT2D eigenvalue weighted by atomic mass is 79.9. The Morgan fingerprint density at radius 2 is 1.94 bits per heavy atom. The van der Waals surface area contributed by atoms with Crippen LogP contribution in [0.3, 0.4) is 0 Å². The zero-order valence-corrected chi connectivity index (χ0v) is 11.3. The molecule has 18 heavy (non-hydrogen) atoms. The standard InChI is InChI=1S/C13H10BrN3O/c1-9-7-17-8-10(14)6-12(13(17)15-9)16-4-2-11(18)3-5-16/h2-8H,1H3. The fourth-order valence-electron chi connectivity index (χ4n) is 1.93. The second kappa shape index (κ2) is 4.10. The first-order valence-corrected chi connectivity index (χ1v) is 6.26. The molecule has 0 aliphatic heterocycles. The van der Waals surface area contributed by atoms with Crippen LogP contribution in [-0.2, 0) is 0 Å². The van der Waals surface area contributed by atoms with E-state index in [9.17, 15) is 4.79 Å². The molecule has 0 aliphatic rings. The summed E-state index contributed by atoms with van der Waals surface area (Å²) in [5.41, 5.74) is 2.74. The lowest BCUT2D eigenvalue weighted by atomic mass is 10.3. The Kier molecular flexibility index (Phi) is 2.56. The number of imidazole rings is 1. The van der Waals surface area contributed by atoms with Crippen molar-refractivity contribution in [1.82, 2.24) is 14.0 Å². The van der Waals surface area contributed by atoms with Crippen LogP contribution >= 0.6 is 15.9 Å². The van der Waals surface area contributed by atoms with Gasteiger partial charge in [-0.15, -0.1) is 0 Å². The third kappa shape index (κ3) is 1.86. The van der Waals surface area contributed by atoms with Crippen molar-refractivity contribution in [3.63, 3.8) is 0 Å². The maximum Gasteiger partial charge on any atom is 0.181 e. The number of hydrogen-bond acceptors (Lipinski definition) is 2. The van der Waals surface area contributed by atoms with Crippen LogP contribution < -0.4 is 5.43 Å². The molecule has 5 heteroatoms. The smallest absolute Gasteiger partial charge is 0.181 e. The van der Waals surface area contributed by atoms with Gasteiger partial charge >= 0.3 is 0 Å². The van der Waals surface area contributed by atoms with E-state index in [2.05, 4.69) is 20.9 Å². The summed E-state index contributed by atoms with van der Waals surface area (Å²) in [4.78, 5) is 15.6. The Labute approximate surface area is 112 Å². The predicted molar refractivity (Wildman–Crippen MR) is 73.2 cm³/mol. The first-order chi connectivity index (χ1) is 8.63. The molecule has 0 amide bonds. The van der Waals surface area contributed by atoms with Gasteiger partial charge in [0.05, 0.1) is 11.4 Å². The van der Waals surface area contributed by atoms with Crippen molar-refractivity contribution in [2.24, 2.45) is 0 Å². The van der Waals surface area contributed by atoms with Gasteiger partial charge in [-0.05, 0) is 28.9 Å². The van der Waals surface area contributed by atoms with E-state index >= 15 is 0 Å². The first kappa shape index (κ1) is 11.2. The minimum atomic E-state index is -0.00297. The topological polar surface area (TPSA) is 39.3 Å². The molecule has 0 spiro atoms. The molecule has 3 heterocycles. The number of aromatic nitrogens is 3. The number of halogens is 1. The normalized spacial score (nSPS) is 11.0. The monoisotopic (exact) mass is 303 g/mol. The molecule has 0 unspecified atom stereocenters. The van der Waals surface area contributed by atoms with Gasteiger partial charge in [-0.3, -0.25) is 4.79 Å². The molecule has 0 saturated heterocycles. The Morgan fingerprint density at radius 3 is 2.67 bits per heavy atom. The van der Waals surface area contributed by atoms with E-state index in [1.165, 1.54) is 12.1 Å². The van der Waals surface area contributed by atoms with Crippen LogP contribution in [0.2, 0.25) is 0 Å². The summed E-state index contributed by atoms with van der Waals surface area (Å²) >= 11 is 3.48. The predicted octanol–water partition coefficient (Wildman–Crippen LogP) is 2.56. The van der Waals surface area contributed by atoms with Crippen LogP contribution in [0.15, 0.2) is 52.3 Å². The van der Waals surface area contributed by atoms with Crippen LogP contribution in [0.25, 0.3) is 11.3 Å². The first-order valence-electron chi connectivity index (χ1n) is 5.47. The van der Waals surface area contributed by atoms with E-state index in [1.807, 2.05) is 34.4 Å². The minimum Gasteiger partial charge on any atom is -0.320 e. The van der Waals surface area contributed by atoms with E-state index in [-0.39, 0.29) is 5.43 Å². The summed E-state index contributed by atoms with van der Waals surface area (Å²) in [6.45, 7) is 1.95. The lowest BCUT2D eigenvalue weighted by Crippen LogP contribution is -2.03. The average molecular weight is 304 g/mol. The Bertz CT molecular complexity index is 768. The molecule has 4 nitrogen and oxygen atoms in total. The maximum absolute atomic E-state index is 11.1. The molecule has 0 radical (unpaired) electrons. The van der Waals surface area contributed by atoms with Crippen LogP contribution in [-0.4, -0.2) is 14.0 Å². The fourth-order valence-corrected chi connectivity index (χ4v) is 2.37. The molecule has 90 valence electrons. The zero-order chi connectivity index (χ0) is 12.7. The number of pyridine rings is 2. The SMILES string of the molecule is Cc1cn2cc(Br)cc(-n3ccc(=O)cc3)c2n1. The van der Waals surface area contributed by atoms with Gasteiger partial charge in [0.25, 0.3) is 0 Å². The van der Waals surface area contributed by atoms with Gasteiger partial charge in [0.15, 0.2) is 11.1 Å². The molecule has 3 rings (SSSR count). The molecule has 0 aromatic carbocycles. The molecule has 0 fully saturated rings. The lowest BCUT2D eigenvalue weighted by molar-refractivity contribution is 1.02. The second-order valence-corrected chi connectivity index (χ2v) is 5.01. The van der Waals surface area contributed by atoms with Gasteiger partial charge in [-0.2, -0.15) is 0 Å². The highest BCUT2D eigenvalue weighted by Gasteiger charge is 2.07. The number of rotatable bonds is 1. The van der Waals surface area contributed by atoms with E-state index in [0.29, 0.717) is 0 Å². The molecule has 0 bridgehead atoms. The van der Waals surface area contributed by atoms with Crippen LogP contribution in [0, 0.1) is 6.92 Å². The van der Waals surface area contributed by atoms with Crippen molar-refractivity contribution in [1.29, 1.82) is 0 Å². The second-order valence-electron chi connectivity index (χ2n) is 4.10.